The minimum atomic E-state index is -0.584. The van der Waals surface area contributed by atoms with E-state index in [1.165, 1.54) is 0 Å². The first-order valence-corrected chi connectivity index (χ1v) is 4.95. The summed E-state index contributed by atoms with van der Waals surface area (Å²) in [6, 6.07) is 5.78. The monoisotopic (exact) mass is 213 g/mol. The smallest absolute Gasteiger partial charge is 0.0912 e. The zero-order chi connectivity index (χ0) is 10.6. The highest BCUT2D eigenvalue weighted by Gasteiger charge is 2.07. The molecule has 0 aliphatic rings. The second kappa shape index (κ2) is 5.42. The van der Waals surface area contributed by atoms with E-state index in [0.29, 0.717) is 6.61 Å². The van der Waals surface area contributed by atoms with Gasteiger partial charge in [-0.2, -0.15) is 0 Å². The van der Waals surface area contributed by atoms with E-state index in [-0.39, 0.29) is 6.54 Å². The van der Waals surface area contributed by atoms with Gasteiger partial charge in [0.25, 0.3) is 0 Å². The Morgan fingerprint density at radius 1 is 1.57 bits per heavy atom. The molecule has 14 heavy (non-hydrogen) atoms. The SMILES string of the molecule is Cc1ccc(C(O)CN)cc1COP. The van der Waals surface area contributed by atoms with Crippen molar-refractivity contribution in [2.45, 2.75) is 19.6 Å². The Balaban J connectivity index is 2.93. The molecule has 0 aliphatic heterocycles. The summed E-state index contributed by atoms with van der Waals surface area (Å²) < 4.78 is 4.98. The van der Waals surface area contributed by atoms with E-state index < -0.39 is 6.10 Å². The molecule has 0 amide bonds. The van der Waals surface area contributed by atoms with E-state index in [9.17, 15) is 5.11 Å². The van der Waals surface area contributed by atoms with Crippen molar-refractivity contribution in [2.24, 2.45) is 5.73 Å². The van der Waals surface area contributed by atoms with Crippen LogP contribution in [0.2, 0.25) is 0 Å². The summed E-state index contributed by atoms with van der Waals surface area (Å²) in [7, 11) is 2.22. The Morgan fingerprint density at radius 2 is 2.29 bits per heavy atom. The molecule has 3 N–H and O–H groups in total. The summed E-state index contributed by atoms with van der Waals surface area (Å²) in [5, 5.41) is 9.54. The lowest BCUT2D eigenvalue weighted by molar-refractivity contribution is 0.186. The van der Waals surface area contributed by atoms with Crippen LogP contribution in [-0.2, 0) is 11.1 Å². The van der Waals surface area contributed by atoms with Crippen LogP contribution in [0, 0.1) is 6.92 Å². The summed E-state index contributed by atoms with van der Waals surface area (Å²) in [5.74, 6) is 0. The summed E-state index contributed by atoms with van der Waals surface area (Å²) in [6.45, 7) is 2.78. The third kappa shape index (κ3) is 2.76. The minimum Gasteiger partial charge on any atom is -0.387 e. The van der Waals surface area contributed by atoms with Gasteiger partial charge in [-0.15, -0.1) is 0 Å². The molecule has 0 saturated heterocycles. The number of aliphatic hydroxyl groups excluding tert-OH is 1. The van der Waals surface area contributed by atoms with Crippen molar-refractivity contribution in [2.75, 3.05) is 6.54 Å². The minimum absolute atomic E-state index is 0.240. The molecular formula is C10H16NO2P. The molecule has 4 heteroatoms. The van der Waals surface area contributed by atoms with Gasteiger partial charge in [-0.25, -0.2) is 0 Å². The predicted molar refractivity (Wildman–Crippen MR) is 59.7 cm³/mol. The molecule has 1 aromatic rings. The number of aryl methyl sites for hydroxylation is 1. The number of aliphatic hydroxyl groups is 1. The maximum atomic E-state index is 9.54. The van der Waals surface area contributed by atoms with Crippen LogP contribution in [0.25, 0.3) is 0 Å². The highest BCUT2D eigenvalue weighted by atomic mass is 31.0. The van der Waals surface area contributed by atoms with Crippen molar-refractivity contribution in [1.82, 2.24) is 0 Å². The molecule has 1 aromatic carbocycles. The highest BCUT2D eigenvalue weighted by Crippen LogP contribution is 2.18. The van der Waals surface area contributed by atoms with E-state index >= 15 is 0 Å². The lowest BCUT2D eigenvalue weighted by Gasteiger charge is -2.11. The van der Waals surface area contributed by atoms with E-state index in [0.717, 1.165) is 16.7 Å². The Labute approximate surface area is 86.6 Å². The Bertz CT molecular complexity index is 304. The van der Waals surface area contributed by atoms with Crippen molar-refractivity contribution in [3.05, 3.63) is 34.9 Å². The van der Waals surface area contributed by atoms with Gasteiger partial charge < -0.3 is 15.4 Å². The van der Waals surface area contributed by atoms with Gasteiger partial charge in [-0.1, -0.05) is 18.2 Å². The zero-order valence-corrected chi connectivity index (χ0v) is 9.39. The summed E-state index contributed by atoms with van der Waals surface area (Å²) in [4.78, 5) is 0. The van der Waals surface area contributed by atoms with Gasteiger partial charge in [0.05, 0.1) is 12.7 Å². The maximum absolute atomic E-state index is 9.54. The average Bonchev–Trinajstić information content (AvgIpc) is 2.20. The van der Waals surface area contributed by atoms with Crippen molar-refractivity contribution >= 4 is 9.47 Å². The molecule has 2 atom stereocenters. The second-order valence-electron chi connectivity index (χ2n) is 3.25. The van der Waals surface area contributed by atoms with E-state index in [1.807, 2.05) is 25.1 Å². The number of benzene rings is 1. The van der Waals surface area contributed by atoms with E-state index in [1.54, 1.807) is 0 Å². The van der Waals surface area contributed by atoms with Crippen LogP contribution < -0.4 is 5.73 Å². The van der Waals surface area contributed by atoms with Crippen LogP contribution in [0.5, 0.6) is 0 Å². The number of rotatable bonds is 4. The van der Waals surface area contributed by atoms with Crippen LogP contribution in [0.4, 0.5) is 0 Å². The van der Waals surface area contributed by atoms with Crippen molar-refractivity contribution in [3.63, 3.8) is 0 Å². The molecule has 0 heterocycles. The Kier molecular flexibility index (Phi) is 4.49. The molecule has 0 aliphatic carbocycles. The summed E-state index contributed by atoms with van der Waals surface area (Å²) in [5.41, 5.74) is 8.45. The normalized spacial score (nSPS) is 12.9. The van der Waals surface area contributed by atoms with Gasteiger partial charge in [0, 0.05) is 16.0 Å². The number of nitrogens with two attached hydrogens (primary N) is 1. The maximum Gasteiger partial charge on any atom is 0.0912 e. The lowest BCUT2D eigenvalue weighted by Crippen LogP contribution is -2.11. The fraction of sp³-hybridized carbons (Fsp3) is 0.400. The summed E-state index contributed by atoms with van der Waals surface area (Å²) in [6.07, 6.45) is -0.584. The third-order valence-corrected chi connectivity index (χ3v) is 2.39. The Hall–Kier alpha value is -0.470. The largest absolute Gasteiger partial charge is 0.387 e. The molecule has 0 bridgehead atoms. The number of hydrogen-bond acceptors (Lipinski definition) is 3. The Morgan fingerprint density at radius 3 is 2.86 bits per heavy atom. The fourth-order valence-corrected chi connectivity index (χ4v) is 1.46. The van der Waals surface area contributed by atoms with E-state index in [2.05, 4.69) is 9.47 Å². The van der Waals surface area contributed by atoms with Gasteiger partial charge >= 0.3 is 0 Å². The van der Waals surface area contributed by atoms with Gasteiger partial charge in [0.2, 0.25) is 0 Å². The van der Waals surface area contributed by atoms with Crippen LogP contribution in [0.3, 0.4) is 0 Å². The van der Waals surface area contributed by atoms with Gasteiger partial charge in [0.1, 0.15) is 0 Å². The molecule has 0 spiro atoms. The van der Waals surface area contributed by atoms with Crippen LogP contribution in [-0.4, -0.2) is 11.7 Å². The van der Waals surface area contributed by atoms with E-state index in [4.69, 9.17) is 10.3 Å². The van der Waals surface area contributed by atoms with Crippen LogP contribution in [0.15, 0.2) is 18.2 Å². The molecule has 0 saturated carbocycles. The molecule has 1 rings (SSSR count). The van der Waals surface area contributed by atoms with Crippen LogP contribution in [0.1, 0.15) is 22.8 Å². The molecule has 0 radical (unpaired) electrons. The summed E-state index contributed by atoms with van der Waals surface area (Å²) >= 11 is 0. The standard InChI is InChI=1S/C10H16NO2P/c1-7-2-3-8(10(12)5-11)4-9(7)6-13-14/h2-4,10,12H,5-6,11,14H2,1H3. The second-order valence-corrected chi connectivity index (χ2v) is 3.58. The van der Waals surface area contributed by atoms with Gasteiger partial charge in [-0.3, -0.25) is 0 Å². The predicted octanol–water partition coefficient (Wildman–Crippen LogP) is 1.29. The van der Waals surface area contributed by atoms with Crippen LogP contribution >= 0.6 is 9.47 Å². The zero-order valence-electron chi connectivity index (χ0n) is 8.23. The first kappa shape index (κ1) is 11.6. The first-order chi connectivity index (χ1) is 6.69. The highest BCUT2D eigenvalue weighted by molar-refractivity contribution is 7.09. The molecular weight excluding hydrogens is 197 g/mol. The number of hydrogen-bond donors (Lipinski definition) is 2. The third-order valence-electron chi connectivity index (χ3n) is 2.22. The lowest BCUT2D eigenvalue weighted by atomic mass is 10.0. The van der Waals surface area contributed by atoms with Crippen molar-refractivity contribution in [3.8, 4) is 0 Å². The molecule has 0 aromatic heterocycles. The van der Waals surface area contributed by atoms with Gasteiger partial charge in [0.15, 0.2) is 0 Å². The average molecular weight is 213 g/mol. The first-order valence-electron chi connectivity index (χ1n) is 4.48. The van der Waals surface area contributed by atoms with Gasteiger partial charge in [-0.05, 0) is 23.6 Å². The molecule has 0 fully saturated rings. The van der Waals surface area contributed by atoms with Crippen molar-refractivity contribution < 1.29 is 9.63 Å². The molecule has 2 unspecified atom stereocenters. The molecule has 3 nitrogen and oxygen atoms in total. The molecule has 78 valence electrons. The quantitative estimate of drug-likeness (QED) is 0.741. The van der Waals surface area contributed by atoms with Crippen molar-refractivity contribution in [1.29, 1.82) is 0 Å². The fourth-order valence-electron chi connectivity index (χ4n) is 1.28. The topological polar surface area (TPSA) is 55.5 Å².